The number of halogens is 1. The summed E-state index contributed by atoms with van der Waals surface area (Å²) in [6, 6.07) is 0. The fraction of sp³-hybridized carbons (Fsp3) is 1.00. The highest BCUT2D eigenvalue weighted by Crippen LogP contribution is 2.43. The smallest absolute Gasteiger partial charge is 0.0729 e. The van der Waals surface area contributed by atoms with E-state index in [-0.39, 0.29) is 5.60 Å². The molecular weight excluding hydrogens is 304 g/mol. The maximum absolute atomic E-state index is 6.19. The van der Waals surface area contributed by atoms with Gasteiger partial charge < -0.3 is 9.47 Å². The molecule has 2 aliphatic heterocycles. The maximum Gasteiger partial charge on any atom is 0.0729 e. The van der Waals surface area contributed by atoms with Crippen molar-refractivity contribution in [2.24, 2.45) is 11.8 Å². The summed E-state index contributed by atoms with van der Waals surface area (Å²) in [6.45, 7) is 2.78. The molecule has 2 saturated heterocycles. The molecule has 0 aromatic heterocycles. The van der Waals surface area contributed by atoms with Gasteiger partial charge in [0.1, 0.15) is 0 Å². The van der Waals surface area contributed by atoms with Crippen molar-refractivity contribution in [2.45, 2.75) is 68.2 Å². The van der Waals surface area contributed by atoms with Crippen molar-refractivity contribution in [1.29, 1.82) is 0 Å². The quantitative estimate of drug-likeness (QED) is 0.527. The van der Waals surface area contributed by atoms with Gasteiger partial charge in [-0.3, -0.25) is 0 Å². The second-order valence-electron chi connectivity index (χ2n) is 6.77. The zero-order chi connectivity index (χ0) is 13.1. The fourth-order valence-electron chi connectivity index (χ4n) is 4.32. The number of hydrogen-bond acceptors (Lipinski definition) is 2. The van der Waals surface area contributed by atoms with Crippen LogP contribution in [-0.2, 0) is 9.47 Å². The van der Waals surface area contributed by atoms with Crippen molar-refractivity contribution < 1.29 is 9.47 Å². The van der Waals surface area contributed by atoms with Crippen LogP contribution in [0.1, 0.15) is 57.8 Å². The van der Waals surface area contributed by atoms with E-state index in [9.17, 15) is 0 Å². The van der Waals surface area contributed by atoms with Gasteiger partial charge in [-0.15, -0.1) is 0 Å². The second kappa shape index (κ2) is 6.44. The molecule has 3 aliphatic rings. The van der Waals surface area contributed by atoms with Gasteiger partial charge in [-0.05, 0) is 50.4 Å². The summed E-state index contributed by atoms with van der Waals surface area (Å²) in [7, 11) is 0. The van der Waals surface area contributed by atoms with Gasteiger partial charge >= 0.3 is 0 Å². The second-order valence-corrected chi connectivity index (χ2v) is 8.07. The Balaban J connectivity index is 1.63. The molecule has 0 radical (unpaired) electrons. The van der Waals surface area contributed by atoms with Crippen LogP contribution in [0.5, 0.6) is 0 Å². The van der Waals surface area contributed by atoms with E-state index in [4.69, 9.17) is 9.47 Å². The zero-order valence-electron chi connectivity index (χ0n) is 11.9. The minimum absolute atomic E-state index is 0.176. The molecule has 3 fully saturated rings. The Kier molecular flexibility index (Phi) is 4.86. The Morgan fingerprint density at radius 2 is 1.68 bits per heavy atom. The first kappa shape index (κ1) is 14.3. The minimum atomic E-state index is 0.176. The predicted molar refractivity (Wildman–Crippen MR) is 80.8 cm³/mol. The third kappa shape index (κ3) is 3.54. The molecule has 3 rings (SSSR count). The number of alkyl halides is 1. The number of rotatable bonds is 1. The molecule has 2 heterocycles. The van der Waals surface area contributed by atoms with Crippen molar-refractivity contribution in [1.82, 2.24) is 0 Å². The number of ether oxygens (including phenoxy) is 2. The lowest BCUT2D eigenvalue weighted by molar-refractivity contribution is -0.153. The molecule has 0 N–H and O–H groups in total. The zero-order valence-corrected chi connectivity index (χ0v) is 13.5. The van der Waals surface area contributed by atoms with Crippen LogP contribution in [0.25, 0.3) is 0 Å². The molecule has 1 spiro atoms. The summed E-state index contributed by atoms with van der Waals surface area (Å²) in [5.41, 5.74) is 0.176. The lowest BCUT2D eigenvalue weighted by Crippen LogP contribution is -2.45. The van der Waals surface area contributed by atoms with E-state index in [2.05, 4.69) is 15.9 Å². The van der Waals surface area contributed by atoms with Gasteiger partial charge in [0.2, 0.25) is 0 Å². The van der Waals surface area contributed by atoms with Crippen LogP contribution in [0.4, 0.5) is 0 Å². The fourth-order valence-corrected chi connectivity index (χ4v) is 5.13. The molecule has 0 aromatic rings. The molecule has 3 unspecified atom stereocenters. The maximum atomic E-state index is 6.19. The van der Waals surface area contributed by atoms with E-state index in [1.165, 1.54) is 44.9 Å². The predicted octanol–water partition coefficient (Wildman–Crippen LogP) is 4.31. The number of hydrogen-bond donors (Lipinski definition) is 0. The van der Waals surface area contributed by atoms with Gasteiger partial charge in [0.25, 0.3) is 0 Å². The summed E-state index contributed by atoms with van der Waals surface area (Å²) < 4.78 is 11.7. The van der Waals surface area contributed by atoms with E-state index >= 15 is 0 Å². The summed E-state index contributed by atoms with van der Waals surface area (Å²) in [5, 5.41) is 0. The Morgan fingerprint density at radius 1 is 0.895 bits per heavy atom. The van der Waals surface area contributed by atoms with Gasteiger partial charge in [-0.25, -0.2) is 0 Å². The molecule has 0 bridgehead atoms. The van der Waals surface area contributed by atoms with E-state index in [1.54, 1.807) is 0 Å². The molecule has 3 heteroatoms. The van der Waals surface area contributed by atoms with Crippen LogP contribution in [0, 0.1) is 11.8 Å². The molecule has 3 atom stereocenters. The average Bonchev–Trinajstić information content (AvgIpc) is 2.64. The monoisotopic (exact) mass is 330 g/mol. The van der Waals surface area contributed by atoms with Crippen LogP contribution in [-0.4, -0.2) is 30.2 Å². The molecule has 110 valence electrons. The van der Waals surface area contributed by atoms with Gasteiger partial charge in [-0.1, -0.05) is 35.2 Å². The Hall–Kier alpha value is 0.400. The average molecular weight is 331 g/mol. The van der Waals surface area contributed by atoms with Crippen molar-refractivity contribution in [3.63, 3.8) is 0 Å². The third-order valence-corrected chi connectivity index (χ3v) is 6.33. The van der Waals surface area contributed by atoms with Gasteiger partial charge in [-0.2, -0.15) is 0 Å². The first-order valence-electron chi connectivity index (χ1n) is 8.13. The lowest BCUT2D eigenvalue weighted by Gasteiger charge is -2.45. The molecule has 0 amide bonds. The molecule has 0 aromatic carbocycles. The summed E-state index contributed by atoms with van der Waals surface area (Å²) in [6.07, 6.45) is 11.9. The van der Waals surface area contributed by atoms with Crippen molar-refractivity contribution in [2.75, 3.05) is 19.8 Å². The largest absolute Gasteiger partial charge is 0.381 e. The topological polar surface area (TPSA) is 18.5 Å². The van der Waals surface area contributed by atoms with Crippen molar-refractivity contribution >= 4 is 15.9 Å². The van der Waals surface area contributed by atoms with Gasteiger partial charge in [0, 0.05) is 24.6 Å². The molecule has 19 heavy (non-hydrogen) atoms. The molecule has 1 saturated carbocycles. The van der Waals surface area contributed by atoms with Gasteiger partial charge in [0.15, 0.2) is 0 Å². The van der Waals surface area contributed by atoms with E-state index in [0.29, 0.717) is 0 Å². The van der Waals surface area contributed by atoms with Gasteiger partial charge in [0.05, 0.1) is 5.60 Å². The van der Waals surface area contributed by atoms with Crippen LogP contribution < -0.4 is 0 Å². The van der Waals surface area contributed by atoms with Crippen LogP contribution >= 0.6 is 15.9 Å². The SMILES string of the molecule is BrC1CCCCC(C2CCOC3(CCOCC3)C2)C1. The van der Waals surface area contributed by atoms with Crippen LogP contribution in [0.15, 0.2) is 0 Å². The summed E-state index contributed by atoms with van der Waals surface area (Å²) in [5.74, 6) is 1.82. The summed E-state index contributed by atoms with van der Waals surface area (Å²) >= 11 is 3.88. The van der Waals surface area contributed by atoms with E-state index < -0.39 is 0 Å². The van der Waals surface area contributed by atoms with E-state index in [1.807, 2.05) is 0 Å². The highest BCUT2D eigenvalue weighted by Gasteiger charge is 2.41. The standard InChI is InChI=1S/C16H27BrO2/c17-15-4-2-1-3-13(11-15)14-5-8-19-16(12-14)6-9-18-10-7-16/h13-15H,1-12H2. The Labute approximate surface area is 125 Å². The van der Waals surface area contributed by atoms with Crippen molar-refractivity contribution in [3.8, 4) is 0 Å². The molecule has 2 nitrogen and oxygen atoms in total. The summed E-state index contributed by atoms with van der Waals surface area (Å²) in [4.78, 5) is 0.758. The van der Waals surface area contributed by atoms with Crippen LogP contribution in [0.3, 0.4) is 0 Å². The van der Waals surface area contributed by atoms with Crippen LogP contribution in [0.2, 0.25) is 0 Å². The normalized spacial score (nSPS) is 39.9. The Morgan fingerprint density at radius 3 is 2.53 bits per heavy atom. The highest BCUT2D eigenvalue weighted by atomic mass is 79.9. The Bertz CT molecular complexity index is 283. The first-order chi connectivity index (χ1) is 9.27. The lowest BCUT2D eigenvalue weighted by atomic mass is 9.73. The molecule has 1 aliphatic carbocycles. The highest BCUT2D eigenvalue weighted by molar-refractivity contribution is 9.09. The third-order valence-electron chi connectivity index (χ3n) is 5.50. The first-order valence-corrected chi connectivity index (χ1v) is 9.05. The molecular formula is C16H27BrO2. The van der Waals surface area contributed by atoms with E-state index in [0.717, 1.165) is 49.3 Å². The minimum Gasteiger partial charge on any atom is -0.381 e. The van der Waals surface area contributed by atoms with Crippen molar-refractivity contribution in [3.05, 3.63) is 0 Å².